The summed E-state index contributed by atoms with van der Waals surface area (Å²) in [5, 5.41) is 0. The molecule has 6 unspecified atom stereocenters. The summed E-state index contributed by atoms with van der Waals surface area (Å²) in [4.78, 5) is 0. The molecule has 294 valence electrons. The Kier molecular flexibility index (Phi) is 13.4. The maximum Gasteiger partial charge on any atom is 0.187 e. The molecule has 55 heavy (non-hydrogen) atoms. The van der Waals surface area contributed by atoms with Crippen LogP contribution in [0.5, 0.6) is 0 Å². The average Bonchev–Trinajstić information content (AvgIpc) is 3.49. The van der Waals surface area contributed by atoms with E-state index in [0.717, 1.165) is 22.3 Å². The summed E-state index contributed by atoms with van der Waals surface area (Å²) in [6, 6.07) is 40.3. The van der Waals surface area contributed by atoms with E-state index in [1.165, 1.54) is 0 Å². The second-order valence-corrected chi connectivity index (χ2v) is 15.0. The number of hydrogen-bond donors (Lipinski definition) is 0. The van der Waals surface area contributed by atoms with Gasteiger partial charge in [0.15, 0.2) is 18.4 Å². The monoisotopic (exact) mass is 754 g/mol. The zero-order valence-corrected chi connectivity index (χ0v) is 32.2. The topological polar surface area (TPSA) is 92.3 Å². The summed E-state index contributed by atoms with van der Waals surface area (Å²) in [5.74, 6) is -0.889. The van der Waals surface area contributed by atoms with Crippen molar-refractivity contribution >= 4 is 0 Å². The van der Waals surface area contributed by atoms with Gasteiger partial charge in [-0.05, 0) is 43.0 Å². The molecule has 3 aliphatic rings. The smallest absolute Gasteiger partial charge is 0.187 e. The second kappa shape index (κ2) is 18.6. The van der Waals surface area contributed by atoms with Gasteiger partial charge in [-0.1, -0.05) is 121 Å². The highest BCUT2D eigenvalue weighted by molar-refractivity contribution is 5.16. The molecule has 3 aliphatic heterocycles. The van der Waals surface area contributed by atoms with Crippen LogP contribution < -0.4 is 0 Å². The Morgan fingerprint density at radius 3 is 1.60 bits per heavy atom. The van der Waals surface area contributed by atoms with Crippen molar-refractivity contribution in [3.05, 3.63) is 144 Å². The molecule has 0 radical (unpaired) electrons. The number of ether oxygens (including phenoxy) is 10. The lowest BCUT2D eigenvalue weighted by Crippen LogP contribution is -2.63. The fraction of sp³-hybridized carbons (Fsp3) is 0.467. The lowest BCUT2D eigenvalue weighted by Gasteiger charge is -2.47. The average molecular weight is 755 g/mol. The Balaban J connectivity index is 1.21. The molecule has 10 nitrogen and oxygen atoms in total. The lowest BCUT2D eigenvalue weighted by molar-refractivity contribution is -0.340. The van der Waals surface area contributed by atoms with Gasteiger partial charge in [0.05, 0.1) is 45.7 Å². The molecule has 0 spiro atoms. The molecule has 4 aromatic rings. The van der Waals surface area contributed by atoms with E-state index in [1.807, 2.05) is 142 Å². The summed E-state index contributed by atoms with van der Waals surface area (Å²) in [6.07, 6.45) is -4.21. The van der Waals surface area contributed by atoms with Crippen LogP contribution in [0.4, 0.5) is 0 Å². The van der Waals surface area contributed by atoms with E-state index in [0.29, 0.717) is 32.8 Å². The van der Waals surface area contributed by atoms with Crippen LogP contribution in [0, 0.1) is 0 Å². The van der Waals surface area contributed by atoms with Crippen molar-refractivity contribution in [1.82, 2.24) is 0 Å². The fourth-order valence-electron chi connectivity index (χ4n) is 7.74. The van der Waals surface area contributed by atoms with Crippen LogP contribution in [0.1, 0.15) is 49.4 Å². The first-order valence-electron chi connectivity index (χ1n) is 19.2. The van der Waals surface area contributed by atoms with Crippen molar-refractivity contribution < 1.29 is 47.4 Å². The van der Waals surface area contributed by atoms with E-state index in [9.17, 15) is 0 Å². The number of methoxy groups -OCH3 is 1. The predicted molar refractivity (Wildman–Crippen MR) is 204 cm³/mol. The largest absolute Gasteiger partial charge is 0.374 e. The Labute approximate surface area is 324 Å². The molecule has 0 amide bonds. The molecule has 0 N–H and O–H groups in total. The molecule has 9 atom stereocenters. The van der Waals surface area contributed by atoms with Crippen molar-refractivity contribution in [1.29, 1.82) is 0 Å². The zero-order chi connectivity index (χ0) is 38.1. The van der Waals surface area contributed by atoms with Gasteiger partial charge in [-0.25, -0.2) is 0 Å². The van der Waals surface area contributed by atoms with Gasteiger partial charge in [0.1, 0.15) is 36.1 Å². The first-order chi connectivity index (χ1) is 26.8. The quantitative estimate of drug-likeness (QED) is 0.109. The number of fused-ring (bicyclic) bond motifs is 1. The Hall–Kier alpha value is -3.52. The van der Waals surface area contributed by atoms with E-state index >= 15 is 0 Å². The summed E-state index contributed by atoms with van der Waals surface area (Å²) in [7, 11) is 1.62. The minimum Gasteiger partial charge on any atom is -0.374 e. The van der Waals surface area contributed by atoms with E-state index in [1.54, 1.807) is 7.11 Å². The molecule has 7 rings (SSSR count). The van der Waals surface area contributed by atoms with Gasteiger partial charge < -0.3 is 47.4 Å². The highest BCUT2D eigenvalue weighted by Crippen LogP contribution is 2.46. The van der Waals surface area contributed by atoms with Crippen molar-refractivity contribution in [3.63, 3.8) is 0 Å². The fourth-order valence-corrected chi connectivity index (χ4v) is 7.74. The predicted octanol–water partition coefficient (Wildman–Crippen LogP) is 7.37. The number of benzene rings is 4. The molecule has 0 saturated carbocycles. The van der Waals surface area contributed by atoms with Crippen LogP contribution in [0.3, 0.4) is 0 Å². The molecule has 3 fully saturated rings. The van der Waals surface area contributed by atoms with Crippen LogP contribution in [0.2, 0.25) is 0 Å². The van der Waals surface area contributed by atoms with E-state index < -0.39 is 54.5 Å². The van der Waals surface area contributed by atoms with Crippen molar-refractivity contribution in [2.24, 2.45) is 0 Å². The van der Waals surface area contributed by atoms with Crippen LogP contribution >= 0.6 is 0 Å². The third kappa shape index (κ3) is 10.3. The molecule has 3 heterocycles. The highest BCUT2D eigenvalue weighted by Gasteiger charge is 2.61. The van der Waals surface area contributed by atoms with Gasteiger partial charge in [-0.3, -0.25) is 0 Å². The first kappa shape index (κ1) is 39.7. The summed E-state index contributed by atoms with van der Waals surface area (Å²) in [5.41, 5.74) is 3.24. The summed E-state index contributed by atoms with van der Waals surface area (Å²) < 4.78 is 65.7. The first-order valence-corrected chi connectivity index (χ1v) is 19.2. The molecule has 0 aromatic heterocycles. The molecular weight excluding hydrogens is 700 g/mol. The molecule has 0 bridgehead atoms. The molecule has 0 aliphatic carbocycles. The van der Waals surface area contributed by atoms with Gasteiger partial charge in [0, 0.05) is 13.5 Å². The van der Waals surface area contributed by atoms with E-state index in [-0.39, 0.29) is 19.3 Å². The van der Waals surface area contributed by atoms with Gasteiger partial charge >= 0.3 is 0 Å². The zero-order valence-electron chi connectivity index (χ0n) is 32.2. The Bertz CT molecular complexity index is 1710. The van der Waals surface area contributed by atoms with Crippen LogP contribution in [0.25, 0.3) is 0 Å². The second-order valence-electron chi connectivity index (χ2n) is 15.0. The molecule has 3 saturated heterocycles. The SMILES string of the molecule is CO[C@@H]1OC(C)CC2(CO[C@H]3OC(COCc4ccccc4)[C@H](OCc4ccccc4)C(OCc4ccccc4)C3OCc3ccccc3)OC(C)(C)OC12. The summed E-state index contributed by atoms with van der Waals surface area (Å²) in [6.45, 7) is 7.53. The standard InChI is InChI=1S/C45H54O10/c1-32-25-45(41(43(46-4)52-32)54-44(2,3)55-45)31-51-42-40(50-29-36-23-15-8-16-24-36)39(49-28-35-21-13-7-14-22-35)38(48-27-34-19-11-6-12-20-34)37(53-42)30-47-26-33-17-9-5-10-18-33/h5-24,32,37-43H,25-31H2,1-4H3/t32?,37?,38-,39?,40?,41?,42-,43+,45?/m0/s1. The Morgan fingerprint density at radius 2 is 1.07 bits per heavy atom. The third-order valence-electron chi connectivity index (χ3n) is 10.2. The van der Waals surface area contributed by atoms with Crippen molar-refractivity contribution in [2.45, 2.75) is 114 Å². The maximum absolute atomic E-state index is 6.94. The van der Waals surface area contributed by atoms with E-state index in [2.05, 4.69) is 0 Å². The highest BCUT2D eigenvalue weighted by atomic mass is 16.8. The number of hydrogen-bond acceptors (Lipinski definition) is 10. The minimum atomic E-state index is -0.895. The third-order valence-corrected chi connectivity index (χ3v) is 10.2. The Morgan fingerprint density at radius 1 is 0.582 bits per heavy atom. The van der Waals surface area contributed by atoms with Crippen LogP contribution in [-0.4, -0.2) is 80.9 Å². The molecule has 10 heteroatoms. The molecule has 4 aromatic carbocycles. The summed E-state index contributed by atoms with van der Waals surface area (Å²) >= 11 is 0. The van der Waals surface area contributed by atoms with E-state index in [4.69, 9.17) is 47.4 Å². The van der Waals surface area contributed by atoms with Gasteiger partial charge in [-0.15, -0.1) is 0 Å². The van der Waals surface area contributed by atoms with Crippen molar-refractivity contribution in [3.8, 4) is 0 Å². The van der Waals surface area contributed by atoms with Gasteiger partial charge in [0.2, 0.25) is 0 Å². The normalized spacial score (nSPS) is 30.2. The van der Waals surface area contributed by atoms with Gasteiger partial charge in [-0.2, -0.15) is 0 Å². The van der Waals surface area contributed by atoms with Crippen LogP contribution in [-0.2, 0) is 73.8 Å². The lowest BCUT2D eigenvalue weighted by atomic mass is 9.88. The minimum absolute atomic E-state index is 0.128. The number of rotatable bonds is 17. The van der Waals surface area contributed by atoms with Crippen molar-refractivity contribution in [2.75, 3.05) is 20.3 Å². The van der Waals surface area contributed by atoms with Crippen LogP contribution in [0.15, 0.2) is 121 Å². The maximum atomic E-state index is 6.94. The molecular formula is C45H54O10. The van der Waals surface area contributed by atoms with Gasteiger partial charge in [0.25, 0.3) is 0 Å².